The summed E-state index contributed by atoms with van der Waals surface area (Å²) in [5, 5.41) is 0. The first-order chi connectivity index (χ1) is 10.7. The van der Waals surface area contributed by atoms with E-state index in [0.717, 1.165) is 30.5 Å². The number of unbranched alkanes of at least 4 members (excludes halogenated alkanes) is 6. The van der Waals surface area contributed by atoms with E-state index in [4.69, 9.17) is 11.5 Å². The summed E-state index contributed by atoms with van der Waals surface area (Å²) in [6, 6.07) is 1.05. The lowest BCUT2D eigenvalue weighted by atomic mass is 10.00. The van der Waals surface area contributed by atoms with Gasteiger partial charge < -0.3 is 11.5 Å². The molecule has 4 heteroatoms. The molecule has 0 amide bonds. The highest BCUT2D eigenvalue weighted by Gasteiger charge is 2.41. The fourth-order valence-electron chi connectivity index (χ4n) is 3.85. The van der Waals surface area contributed by atoms with E-state index in [-0.39, 0.29) is 0 Å². The van der Waals surface area contributed by atoms with Gasteiger partial charge in [0, 0.05) is 13.0 Å². The number of hydrogen-bond donors (Lipinski definition) is 2. The van der Waals surface area contributed by atoms with Crippen molar-refractivity contribution in [3.63, 3.8) is 0 Å². The SMILES string of the molecule is CCCCCCCCCC(C)[N+]1(C(CN)CCN)C=NCC1. The molecule has 0 aromatic rings. The van der Waals surface area contributed by atoms with Crippen LogP contribution in [0.1, 0.15) is 71.6 Å². The summed E-state index contributed by atoms with van der Waals surface area (Å²) in [5.74, 6) is 0. The molecule has 22 heavy (non-hydrogen) atoms. The minimum Gasteiger partial charge on any atom is -0.330 e. The maximum absolute atomic E-state index is 6.05. The van der Waals surface area contributed by atoms with Crippen LogP contribution in [0.3, 0.4) is 0 Å². The maximum atomic E-state index is 6.05. The Morgan fingerprint density at radius 3 is 2.27 bits per heavy atom. The average molecular weight is 312 g/mol. The van der Waals surface area contributed by atoms with Gasteiger partial charge in [0.25, 0.3) is 0 Å². The Hall–Kier alpha value is -0.450. The molecular weight excluding hydrogens is 272 g/mol. The minimum atomic E-state index is 0.441. The van der Waals surface area contributed by atoms with Gasteiger partial charge in [0.15, 0.2) is 6.34 Å². The van der Waals surface area contributed by atoms with Crippen LogP contribution >= 0.6 is 0 Å². The van der Waals surface area contributed by atoms with Crippen LogP contribution in [0.4, 0.5) is 0 Å². The molecule has 4 N–H and O–H groups in total. The van der Waals surface area contributed by atoms with Crippen LogP contribution in [-0.2, 0) is 0 Å². The molecule has 1 rings (SSSR count). The van der Waals surface area contributed by atoms with Gasteiger partial charge in [-0.15, -0.1) is 0 Å². The highest BCUT2D eigenvalue weighted by atomic mass is 15.4. The fraction of sp³-hybridized carbons (Fsp3) is 0.944. The molecule has 1 aliphatic rings. The Balaban J connectivity index is 2.39. The summed E-state index contributed by atoms with van der Waals surface area (Å²) in [6.45, 7) is 8.15. The van der Waals surface area contributed by atoms with Crippen LogP contribution < -0.4 is 11.5 Å². The van der Waals surface area contributed by atoms with Crippen molar-refractivity contribution in [2.45, 2.75) is 83.7 Å². The van der Waals surface area contributed by atoms with Crippen molar-refractivity contribution in [1.82, 2.24) is 0 Å². The van der Waals surface area contributed by atoms with Crippen molar-refractivity contribution >= 4 is 6.34 Å². The molecule has 4 nitrogen and oxygen atoms in total. The molecule has 0 aliphatic carbocycles. The zero-order valence-corrected chi connectivity index (χ0v) is 15.0. The van der Waals surface area contributed by atoms with Crippen molar-refractivity contribution in [2.75, 3.05) is 26.2 Å². The molecular formula is C18H39N4+. The normalized spacial score (nSPS) is 23.8. The van der Waals surface area contributed by atoms with E-state index >= 15 is 0 Å². The van der Waals surface area contributed by atoms with Crippen LogP contribution in [0.15, 0.2) is 4.99 Å². The Labute approximate surface area is 137 Å². The lowest BCUT2D eigenvalue weighted by molar-refractivity contribution is -0.877. The van der Waals surface area contributed by atoms with Gasteiger partial charge in [-0.3, -0.25) is 4.48 Å². The fourth-order valence-corrected chi connectivity index (χ4v) is 3.85. The summed E-state index contributed by atoms with van der Waals surface area (Å²) in [7, 11) is 0. The van der Waals surface area contributed by atoms with Gasteiger partial charge in [0.05, 0.1) is 12.6 Å². The number of rotatable bonds is 13. The average Bonchev–Trinajstić information content (AvgIpc) is 3.02. The standard InChI is InChI=1S/C18H39N4/c1-3-4-5-6-7-8-9-10-17(2)22(14-13-21-16-22)18(15-20)11-12-19/h16-18H,3-15,19-20H2,1-2H3/q+1. The van der Waals surface area contributed by atoms with Gasteiger partial charge in [-0.1, -0.05) is 45.4 Å². The first-order valence-electron chi connectivity index (χ1n) is 9.49. The Bertz CT molecular complexity index is 305. The highest BCUT2D eigenvalue weighted by molar-refractivity contribution is 5.49. The third-order valence-electron chi connectivity index (χ3n) is 5.41. The van der Waals surface area contributed by atoms with Crippen LogP contribution in [-0.4, -0.2) is 49.1 Å². The minimum absolute atomic E-state index is 0.441. The Morgan fingerprint density at radius 2 is 1.73 bits per heavy atom. The van der Waals surface area contributed by atoms with Crippen molar-refractivity contribution in [3.8, 4) is 0 Å². The summed E-state index contributed by atoms with van der Waals surface area (Å²) < 4.78 is 0.976. The zero-order chi connectivity index (χ0) is 16.3. The third-order valence-corrected chi connectivity index (χ3v) is 5.41. The van der Waals surface area contributed by atoms with Crippen molar-refractivity contribution in [2.24, 2.45) is 16.5 Å². The lowest BCUT2D eigenvalue weighted by Crippen LogP contribution is -2.61. The molecule has 3 unspecified atom stereocenters. The number of aliphatic imine (C=N–C) groups is 1. The third kappa shape index (κ3) is 5.64. The molecule has 1 heterocycles. The van der Waals surface area contributed by atoms with E-state index in [2.05, 4.69) is 25.2 Å². The van der Waals surface area contributed by atoms with E-state index in [1.807, 2.05) is 0 Å². The van der Waals surface area contributed by atoms with Gasteiger partial charge in [0.1, 0.15) is 12.6 Å². The second kappa shape index (κ2) is 11.1. The Morgan fingerprint density at radius 1 is 1.05 bits per heavy atom. The lowest BCUT2D eigenvalue weighted by Gasteiger charge is -2.43. The van der Waals surface area contributed by atoms with Crippen LogP contribution in [0, 0.1) is 0 Å². The van der Waals surface area contributed by atoms with Gasteiger partial charge in [-0.05, 0) is 26.3 Å². The van der Waals surface area contributed by atoms with Crippen molar-refractivity contribution in [1.29, 1.82) is 0 Å². The predicted octanol–water partition coefficient (Wildman–Crippen LogP) is 3.05. The highest BCUT2D eigenvalue weighted by Crippen LogP contribution is 2.26. The molecule has 3 atom stereocenters. The molecule has 0 aromatic heterocycles. The molecule has 0 saturated carbocycles. The summed E-state index contributed by atoms with van der Waals surface area (Å²) in [5.41, 5.74) is 11.9. The second-order valence-electron chi connectivity index (χ2n) is 6.97. The van der Waals surface area contributed by atoms with Crippen molar-refractivity contribution in [3.05, 3.63) is 0 Å². The maximum Gasteiger partial charge on any atom is 0.186 e. The molecule has 0 radical (unpaired) electrons. The summed E-state index contributed by atoms with van der Waals surface area (Å²) >= 11 is 0. The van der Waals surface area contributed by atoms with Gasteiger partial charge in [-0.25, -0.2) is 4.99 Å². The van der Waals surface area contributed by atoms with E-state index < -0.39 is 0 Å². The van der Waals surface area contributed by atoms with Crippen molar-refractivity contribution < 1.29 is 4.48 Å². The number of quaternary nitrogens is 1. The molecule has 130 valence electrons. The van der Waals surface area contributed by atoms with E-state index in [1.165, 1.54) is 51.4 Å². The molecule has 1 aliphatic heterocycles. The largest absolute Gasteiger partial charge is 0.330 e. The van der Waals surface area contributed by atoms with E-state index in [1.54, 1.807) is 0 Å². The number of hydrogen-bond acceptors (Lipinski definition) is 3. The van der Waals surface area contributed by atoms with Gasteiger partial charge >= 0.3 is 0 Å². The first-order valence-corrected chi connectivity index (χ1v) is 9.49. The quantitative estimate of drug-likeness (QED) is 0.405. The predicted molar refractivity (Wildman–Crippen MR) is 97.1 cm³/mol. The molecule has 0 saturated heterocycles. The smallest absolute Gasteiger partial charge is 0.186 e. The first kappa shape index (κ1) is 19.6. The van der Waals surface area contributed by atoms with E-state index in [0.29, 0.717) is 18.6 Å². The van der Waals surface area contributed by atoms with Crippen LogP contribution in [0.5, 0.6) is 0 Å². The van der Waals surface area contributed by atoms with Gasteiger partial charge in [-0.2, -0.15) is 0 Å². The van der Waals surface area contributed by atoms with Crippen LogP contribution in [0.2, 0.25) is 0 Å². The van der Waals surface area contributed by atoms with Crippen LogP contribution in [0.25, 0.3) is 0 Å². The molecule has 0 aromatic carbocycles. The Kier molecular flexibility index (Phi) is 9.92. The second-order valence-corrected chi connectivity index (χ2v) is 6.97. The van der Waals surface area contributed by atoms with Gasteiger partial charge in [0.2, 0.25) is 0 Å². The van der Waals surface area contributed by atoms with E-state index in [9.17, 15) is 0 Å². The number of nitrogens with zero attached hydrogens (tertiary/aromatic N) is 2. The molecule has 0 fully saturated rings. The number of nitrogens with two attached hydrogens (primary N) is 2. The monoisotopic (exact) mass is 311 g/mol. The summed E-state index contributed by atoms with van der Waals surface area (Å²) in [4.78, 5) is 4.54. The summed E-state index contributed by atoms with van der Waals surface area (Å²) in [6.07, 6.45) is 14.1. The topological polar surface area (TPSA) is 64.4 Å². The zero-order valence-electron chi connectivity index (χ0n) is 15.0. The molecule has 0 bridgehead atoms. The molecule has 0 spiro atoms.